The predicted molar refractivity (Wildman–Crippen MR) is 90.0 cm³/mol. The summed E-state index contributed by atoms with van der Waals surface area (Å²) in [6.07, 6.45) is 3.26. The van der Waals surface area contributed by atoms with Crippen LogP contribution >= 0.6 is 0 Å². The fraction of sp³-hybridized carbons (Fsp3) is 0. The summed E-state index contributed by atoms with van der Waals surface area (Å²) in [6.45, 7) is 0. The Morgan fingerprint density at radius 3 is 2.26 bits per heavy atom. The van der Waals surface area contributed by atoms with Crippen LogP contribution in [-0.4, -0.2) is 14.5 Å². The highest BCUT2D eigenvalue weighted by atomic mass is 16.2. The Kier molecular flexibility index (Phi) is 2.98. The molecule has 23 heavy (non-hydrogen) atoms. The van der Waals surface area contributed by atoms with Crippen molar-refractivity contribution in [3.8, 4) is 16.8 Å². The molecular weight excluding hydrogens is 290 g/mol. The number of aromatic nitrogens is 3. The Morgan fingerprint density at radius 2 is 1.43 bits per heavy atom. The van der Waals surface area contributed by atoms with Gasteiger partial charge in [-0.3, -0.25) is 4.79 Å². The lowest BCUT2D eigenvalue weighted by Crippen LogP contribution is -2.34. The van der Waals surface area contributed by atoms with Crippen LogP contribution in [0.25, 0.3) is 27.7 Å². The molecular formula is C18H13N3O2. The van der Waals surface area contributed by atoms with Crippen LogP contribution in [-0.2, 0) is 0 Å². The van der Waals surface area contributed by atoms with Crippen LogP contribution in [0.15, 0.2) is 76.6 Å². The molecule has 0 aliphatic carbocycles. The van der Waals surface area contributed by atoms with Crippen LogP contribution in [0.5, 0.6) is 0 Å². The summed E-state index contributed by atoms with van der Waals surface area (Å²) in [5, 5.41) is 0.941. The van der Waals surface area contributed by atoms with Gasteiger partial charge in [-0.05, 0) is 18.2 Å². The first-order valence-corrected chi connectivity index (χ1v) is 7.22. The third kappa shape index (κ3) is 2.10. The molecule has 5 nitrogen and oxygen atoms in total. The zero-order valence-electron chi connectivity index (χ0n) is 12.1. The Balaban J connectivity index is 2.02. The monoisotopic (exact) mass is 303 g/mol. The minimum atomic E-state index is -0.454. The van der Waals surface area contributed by atoms with Crippen LogP contribution in [0.1, 0.15) is 0 Å². The molecule has 0 aliphatic rings. The van der Waals surface area contributed by atoms with E-state index in [2.05, 4.69) is 9.97 Å². The minimum Gasteiger partial charge on any atom is -0.361 e. The maximum atomic E-state index is 12.9. The van der Waals surface area contributed by atoms with Crippen molar-refractivity contribution in [3.63, 3.8) is 0 Å². The van der Waals surface area contributed by atoms with Gasteiger partial charge in [-0.2, -0.15) is 0 Å². The summed E-state index contributed by atoms with van der Waals surface area (Å²) >= 11 is 0. The van der Waals surface area contributed by atoms with Gasteiger partial charge in [-0.15, -0.1) is 0 Å². The fourth-order valence-electron chi connectivity index (χ4n) is 2.77. The third-order valence-corrected chi connectivity index (χ3v) is 3.87. The average Bonchev–Trinajstić information content (AvgIpc) is 3.00. The number of hydrogen-bond donors (Lipinski definition) is 2. The highest BCUT2D eigenvalue weighted by Gasteiger charge is 2.14. The van der Waals surface area contributed by atoms with Crippen molar-refractivity contribution in [2.24, 2.45) is 0 Å². The lowest BCUT2D eigenvalue weighted by molar-refractivity contribution is 0.879. The largest absolute Gasteiger partial charge is 0.361 e. The van der Waals surface area contributed by atoms with Crippen molar-refractivity contribution < 1.29 is 0 Å². The number of para-hydroxylation sites is 2. The summed E-state index contributed by atoms with van der Waals surface area (Å²) in [5.41, 5.74) is 1.91. The molecule has 0 fully saturated rings. The van der Waals surface area contributed by atoms with E-state index in [4.69, 9.17) is 0 Å². The number of fused-ring (bicyclic) bond motifs is 1. The normalized spacial score (nSPS) is 11.0. The van der Waals surface area contributed by atoms with E-state index in [0.29, 0.717) is 11.3 Å². The van der Waals surface area contributed by atoms with E-state index >= 15 is 0 Å². The minimum absolute atomic E-state index is 0.343. The molecule has 0 atom stereocenters. The molecule has 0 saturated heterocycles. The van der Waals surface area contributed by atoms with Crippen LogP contribution < -0.4 is 11.2 Å². The first-order valence-electron chi connectivity index (χ1n) is 7.22. The molecule has 2 aromatic carbocycles. The molecule has 2 aromatic heterocycles. The van der Waals surface area contributed by atoms with E-state index in [1.165, 1.54) is 6.20 Å². The zero-order valence-corrected chi connectivity index (χ0v) is 12.1. The number of benzene rings is 2. The smallest absolute Gasteiger partial charge is 0.333 e. The first-order chi connectivity index (χ1) is 11.3. The molecule has 4 rings (SSSR count). The van der Waals surface area contributed by atoms with Crippen molar-refractivity contribution in [2.45, 2.75) is 0 Å². The van der Waals surface area contributed by atoms with E-state index in [-0.39, 0.29) is 5.56 Å². The topological polar surface area (TPSA) is 70.7 Å². The number of nitrogens with one attached hydrogen (secondary N) is 2. The van der Waals surface area contributed by atoms with Crippen LogP contribution in [0.2, 0.25) is 0 Å². The number of hydrogen-bond acceptors (Lipinski definition) is 2. The molecule has 0 unspecified atom stereocenters. The molecule has 0 bridgehead atoms. The van der Waals surface area contributed by atoms with Gasteiger partial charge >= 0.3 is 5.69 Å². The van der Waals surface area contributed by atoms with Gasteiger partial charge in [0.1, 0.15) is 0 Å². The maximum absolute atomic E-state index is 12.9. The molecule has 112 valence electrons. The van der Waals surface area contributed by atoms with E-state index < -0.39 is 5.69 Å². The number of nitrogens with zero attached hydrogens (tertiary/aromatic N) is 1. The highest BCUT2D eigenvalue weighted by molar-refractivity contribution is 5.95. The van der Waals surface area contributed by atoms with Crippen LogP contribution in [0.4, 0.5) is 0 Å². The Morgan fingerprint density at radius 1 is 0.739 bits per heavy atom. The second kappa shape index (κ2) is 5.14. The van der Waals surface area contributed by atoms with Gasteiger partial charge in [-0.1, -0.05) is 36.4 Å². The van der Waals surface area contributed by atoms with Gasteiger partial charge in [0.25, 0.3) is 5.56 Å². The van der Waals surface area contributed by atoms with E-state index in [9.17, 15) is 9.59 Å². The molecule has 2 heterocycles. The molecule has 2 N–H and O–H groups in total. The van der Waals surface area contributed by atoms with Crippen molar-refractivity contribution in [2.75, 3.05) is 0 Å². The van der Waals surface area contributed by atoms with Gasteiger partial charge in [0.15, 0.2) is 0 Å². The first kappa shape index (κ1) is 13.3. The second-order valence-electron chi connectivity index (χ2n) is 5.23. The van der Waals surface area contributed by atoms with Crippen molar-refractivity contribution in [3.05, 3.63) is 87.8 Å². The summed E-state index contributed by atoms with van der Waals surface area (Å²) < 4.78 is 1.15. The summed E-state index contributed by atoms with van der Waals surface area (Å²) in [5.74, 6) is 0. The number of rotatable bonds is 2. The Labute approximate surface area is 130 Å². The molecule has 4 aromatic rings. The third-order valence-electron chi connectivity index (χ3n) is 3.87. The molecule has 0 amide bonds. The summed E-state index contributed by atoms with van der Waals surface area (Å²) in [6, 6.07) is 16.6. The van der Waals surface area contributed by atoms with Crippen molar-refractivity contribution >= 4 is 10.9 Å². The Hall–Kier alpha value is -3.34. The van der Waals surface area contributed by atoms with Gasteiger partial charge in [-0.25, -0.2) is 9.36 Å². The predicted octanol–water partition coefficient (Wildman–Crippen LogP) is 2.67. The zero-order chi connectivity index (χ0) is 15.8. The SMILES string of the molecule is O=c1[nH]cc(-c2c[nH]c3ccccc23)c(=O)n1-c1ccccc1. The molecule has 0 saturated carbocycles. The van der Waals surface area contributed by atoms with Gasteiger partial charge in [0.2, 0.25) is 0 Å². The fourth-order valence-corrected chi connectivity index (χ4v) is 2.77. The lowest BCUT2D eigenvalue weighted by atomic mass is 10.1. The second-order valence-corrected chi connectivity index (χ2v) is 5.23. The van der Waals surface area contributed by atoms with Gasteiger partial charge in [0.05, 0.1) is 11.3 Å². The highest BCUT2D eigenvalue weighted by Crippen LogP contribution is 2.25. The van der Waals surface area contributed by atoms with Crippen LogP contribution in [0, 0.1) is 0 Å². The lowest BCUT2D eigenvalue weighted by Gasteiger charge is -2.06. The molecule has 0 spiro atoms. The van der Waals surface area contributed by atoms with Crippen molar-refractivity contribution in [1.82, 2.24) is 14.5 Å². The van der Waals surface area contributed by atoms with E-state index in [0.717, 1.165) is 21.0 Å². The summed E-state index contributed by atoms with van der Waals surface area (Å²) in [7, 11) is 0. The van der Waals surface area contributed by atoms with Crippen molar-refractivity contribution in [1.29, 1.82) is 0 Å². The standard InChI is InChI=1S/C18H13N3O2/c22-17-15(14-10-19-16-9-5-4-8-13(14)16)11-20-18(23)21(17)12-6-2-1-3-7-12/h1-11,19H,(H,20,23). The van der Waals surface area contributed by atoms with E-state index in [1.54, 1.807) is 30.5 Å². The van der Waals surface area contributed by atoms with Gasteiger partial charge in [0, 0.05) is 28.9 Å². The van der Waals surface area contributed by atoms with Crippen LogP contribution in [0.3, 0.4) is 0 Å². The summed E-state index contributed by atoms with van der Waals surface area (Å²) in [4.78, 5) is 30.8. The van der Waals surface area contributed by atoms with Gasteiger partial charge < -0.3 is 9.97 Å². The number of H-pyrrole nitrogens is 2. The number of aromatic amines is 2. The average molecular weight is 303 g/mol. The Bertz CT molecular complexity index is 1100. The quantitative estimate of drug-likeness (QED) is 0.597. The maximum Gasteiger partial charge on any atom is 0.333 e. The molecule has 5 heteroatoms. The molecule has 0 aliphatic heterocycles. The van der Waals surface area contributed by atoms with E-state index in [1.807, 2.05) is 30.3 Å². The molecule has 0 radical (unpaired) electrons.